The van der Waals surface area contributed by atoms with E-state index in [4.69, 9.17) is 16.6 Å². The molecule has 3 N–H and O–H groups in total. The molecule has 3 fully saturated rings. The van der Waals surface area contributed by atoms with E-state index >= 15 is 0 Å². The van der Waals surface area contributed by atoms with E-state index in [-0.39, 0.29) is 23.8 Å². The van der Waals surface area contributed by atoms with Crippen molar-refractivity contribution in [3.05, 3.63) is 35.2 Å². The first-order chi connectivity index (χ1) is 20.6. The Morgan fingerprint density at radius 1 is 1.07 bits per heavy atom. The monoisotopic (exact) mass is 634 g/mol. The number of nitrogens with zero attached hydrogens (tertiary/aromatic N) is 3. The van der Waals surface area contributed by atoms with Crippen LogP contribution < -0.4 is 10.6 Å². The van der Waals surface area contributed by atoms with Gasteiger partial charge in [0.25, 0.3) is 0 Å². The smallest absolute Gasteiger partial charge is 0.411 e. The van der Waals surface area contributed by atoms with Gasteiger partial charge in [-0.3, -0.25) is 10.1 Å². The number of rotatable bonds is 8. The molecule has 1 aromatic heterocycles. The Kier molecular flexibility index (Phi) is 10.00. The second-order valence-electron chi connectivity index (χ2n) is 12.3. The Hall–Kier alpha value is -2.67. The zero-order valence-corrected chi connectivity index (χ0v) is 26.7. The minimum Gasteiger partial charge on any atom is -0.453 e. The number of ether oxygens (including phenoxy) is 1. The molecule has 0 radical (unpaired) electrons. The number of benzene rings is 1. The topological polar surface area (TPSA) is 137 Å². The Labute approximate surface area is 259 Å². The average Bonchev–Trinajstić information content (AvgIpc) is 3.61. The van der Waals surface area contributed by atoms with Crippen molar-refractivity contribution in [2.75, 3.05) is 51.9 Å². The Balaban J connectivity index is 1.36. The van der Waals surface area contributed by atoms with Gasteiger partial charge in [-0.05, 0) is 88.4 Å². The Morgan fingerprint density at radius 2 is 1.74 bits per heavy atom. The number of halogens is 1. The number of hydrogen-bond donors (Lipinski definition) is 3. The van der Waals surface area contributed by atoms with Crippen molar-refractivity contribution in [1.29, 1.82) is 0 Å². The summed E-state index contributed by atoms with van der Waals surface area (Å²) in [7, 11) is 0.0796. The molecular formula is C30H43ClN6O5S. The second-order valence-corrected chi connectivity index (χ2v) is 14.6. The van der Waals surface area contributed by atoms with Crippen LogP contribution in [-0.4, -0.2) is 86.2 Å². The van der Waals surface area contributed by atoms with Crippen LogP contribution in [0.1, 0.15) is 56.8 Å². The van der Waals surface area contributed by atoms with Crippen LogP contribution in [0.2, 0.25) is 5.15 Å². The number of sulfonamides is 1. The molecule has 3 aliphatic rings. The van der Waals surface area contributed by atoms with E-state index in [0.29, 0.717) is 53.8 Å². The van der Waals surface area contributed by atoms with E-state index in [1.165, 1.54) is 13.4 Å². The third kappa shape index (κ3) is 7.35. The molecule has 236 valence electrons. The number of imidazole rings is 1. The zero-order valence-electron chi connectivity index (χ0n) is 25.1. The lowest BCUT2D eigenvalue weighted by Gasteiger charge is -2.34. The molecule has 0 bridgehead atoms. The van der Waals surface area contributed by atoms with E-state index in [0.717, 1.165) is 57.1 Å². The maximum Gasteiger partial charge on any atom is 0.411 e. The fourth-order valence-electron chi connectivity index (χ4n) is 7.13. The standard InChI is InChI=1S/C30H43ClN6O5S/c1-32-17-19-4-6-22(7-5-19)29(38)37-18-23(20-12-14-36(15-13-20)43(3,40)41)16-25(37)28-34-26(27(31)35-28)21-8-10-24(11-9-21)33-30(39)42-2/h8-11,19-20,22-23,25,32H,4-7,12-18H2,1-3H3,(H,33,39)(H,34,35)/t19?,22?,23-,25-/m0/s1. The third-order valence-corrected chi connectivity index (χ3v) is 11.1. The molecule has 0 spiro atoms. The van der Waals surface area contributed by atoms with Gasteiger partial charge in [-0.1, -0.05) is 23.7 Å². The lowest BCUT2D eigenvalue weighted by atomic mass is 9.81. The fourth-order valence-corrected chi connectivity index (χ4v) is 8.25. The van der Waals surface area contributed by atoms with E-state index in [9.17, 15) is 18.0 Å². The quantitative estimate of drug-likeness (QED) is 0.389. The number of carbonyl (C=O) groups is 2. The summed E-state index contributed by atoms with van der Waals surface area (Å²) in [6.07, 6.45) is 6.92. The summed E-state index contributed by atoms with van der Waals surface area (Å²) in [4.78, 5) is 35.8. The molecule has 2 aliphatic heterocycles. The van der Waals surface area contributed by atoms with Crippen molar-refractivity contribution < 1.29 is 22.7 Å². The maximum atomic E-state index is 14.1. The number of methoxy groups -OCH3 is 1. The first-order valence-corrected chi connectivity index (χ1v) is 17.4. The third-order valence-electron chi connectivity index (χ3n) is 9.52. The van der Waals surface area contributed by atoms with Gasteiger partial charge in [-0.15, -0.1) is 0 Å². The molecule has 11 nitrogen and oxygen atoms in total. The summed E-state index contributed by atoms with van der Waals surface area (Å²) in [5, 5.41) is 6.30. The van der Waals surface area contributed by atoms with Gasteiger partial charge in [0.15, 0.2) is 0 Å². The van der Waals surface area contributed by atoms with Gasteiger partial charge in [-0.2, -0.15) is 0 Å². The second kappa shape index (κ2) is 13.5. The SMILES string of the molecule is CNCC1CCC(C(=O)N2C[C@@H](C3CCN(S(C)(=O)=O)CC3)C[C@H]2c2nc(-c3ccc(NC(=O)OC)cc3)c(Cl)[nH]2)CC1. The number of likely N-dealkylation sites (tertiary alicyclic amines) is 1. The van der Waals surface area contributed by atoms with Crippen LogP contribution in [0.3, 0.4) is 0 Å². The molecule has 1 aromatic carbocycles. The molecular weight excluding hydrogens is 592 g/mol. The van der Waals surface area contributed by atoms with Gasteiger partial charge in [0.2, 0.25) is 15.9 Å². The van der Waals surface area contributed by atoms with Crippen LogP contribution in [0.15, 0.2) is 24.3 Å². The minimum atomic E-state index is -3.20. The van der Waals surface area contributed by atoms with Gasteiger partial charge in [-0.25, -0.2) is 22.5 Å². The molecule has 5 rings (SSSR count). The van der Waals surface area contributed by atoms with Crippen LogP contribution in [0.4, 0.5) is 10.5 Å². The van der Waals surface area contributed by atoms with Crippen molar-refractivity contribution in [3.63, 3.8) is 0 Å². The molecule has 13 heteroatoms. The summed E-state index contributed by atoms with van der Waals surface area (Å²) in [5.74, 6) is 2.07. The highest BCUT2D eigenvalue weighted by molar-refractivity contribution is 7.88. The summed E-state index contributed by atoms with van der Waals surface area (Å²) >= 11 is 6.69. The maximum absolute atomic E-state index is 14.1. The van der Waals surface area contributed by atoms with Crippen LogP contribution >= 0.6 is 11.6 Å². The van der Waals surface area contributed by atoms with Gasteiger partial charge in [0.1, 0.15) is 16.7 Å². The molecule has 43 heavy (non-hydrogen) atoms. The summed E-state index contributed by atoms with van der Waals surface area (Å²) < 4.78 is 30.4. The number of aromatic nitrogens is 2. The first-order valence-electron chi connectivity index (χ1n) is 15.2. The molecule has 2 atom stereocenters. The molecule has 0 unspecified atom stereocenters. The van der Waals surface area contributed by atoms with E-state index in [1.807, 2.05) is 24.1 Å². The van der Waals surface area contributed by atoms with Gasteiger partial charge < -0.3 is 19.9 Å². The minimum absolute atomic E-state index is 0.00111. The first kappa shape index (κ1) is 31.7. The lowest BCUT2D eigenvalue weighted by Crippen LogP contribution is -2.41. The molecule has 1 aliphatic carbocycles. The highest BCUT2D eigenvalue weighted by Gasteiger charge is 2.44. The number of amides is 2. The van der Waals surface area contributed by atoms with Crippen molar-refractivity contribution >= 4 is 39.3 Å². The largest absolute Gasteiger partial charge is 0.453 e. The number of hydrogen-bond acceptors (Lipinski definition) is 7. The lowest BCUT2D eigenvalue weighted by molar-refractivity contribution is -0.138. The summed E-state index contributed by atoms with van der Waals surface area (Å²) in [5.41, 5.74) is 1.96. The molecule has 2 amide bonds. The average molecular weight is 635 g/mol. The zero-order chi connectivity index (χ0) is 30.7. The fraction of sp³-hybridized carbons (Fsp3) is 0.633. The molecule has 3 heterocycles. The van der Waals surface area contributed by atoms with Crippen molar-refractivity contribution in [2.45, 2.75) is 51.0 Å². The number of carbonyl (C=O) groups excluding carboxylic acids is 2. The van der Waals surface area contributed by atoms with Crippen molar-refractivity contribution in [3.8, 4) is 11.3 Å². The number of H-pyrrole nitrogens is 1. The van der Waals surface area contributed by atoms with E-state index < -0.39 is 16.1 Å². The van der Waals surface area contributed by atoms with E-state index in [1.54, 1.807) is 16.4 Å². The van der Waals surface area contributed by atoms with Crippen LogP contribution in [0.5, 0.6) is 0 Å². The predicted molar refractivity (Wildman–Crippen MR) is 166 cm³/mol. The van der Waals surface area contributed by atoms with Crippen LogP contribution in [0, 0.1) is 23.7 Å². The van der Waals surface area contributed by atoms with Crippen molar-refractivity contribution in [1.82, 2.24) is 24.5 Å². The highest BCUT2D eigenvalue weighted by atomic mass is 35.5. The van der Waals surface area contributed by atoms with Crippen LogP contribution in [0.25, 0.3) is 11.3 Å². The Morgan fingerprint density at radius 3 is 2.35 bits per heavy atom. The van der Waals surface area contributed by atoms with Gasteiger partial charge in [0, 0.05) is 36.8 Å². The predicted octanol–water partition coefficient (Wildman–Crippen LogP) is 4.50. The number of piperidine rings is 1. The summed E-state index contributed by atoms with van der Waals surface area (Å²) in [6.45, 7) is 2.66. The van der Waals surface area contributed by atoms with Gasteiger partial charge >= 0.3 is 6.09 Å². The molecule has 1 saturated carbocycles. The van der Waals surface area contributed by atoms with E-state index in [2.05, 4.69) is 20.4 Å². The number of aromatic amines is 1. The number of anilines is 1. The van der Waals surface area contributed by atoms with Crippen LogP contribution in [-0.2, 0) is 19.6 Å². The van der Waals surface area contributed by atoms with Gasteiger partial charge in [0.05, 0.1) is 19.4 Å². The Bertz CT molecular complexity index is 1380. The highest BCUT2D eigenvalue weighted by Crippen LogP contribution is 2.44. The van der Waals surface area contributed by atoms with Crippen molar-refractivity contribution in [2.24, 2.45) is 23.7 Å². The molecule has 2 saturated heterocycles. The number of nitrogens with one attached hydrogen (secondary N) is 3. The normalized spacial score (nSPS) is 25.5. The summed E-state index contributed by atoms with van der Waals surface area (Å²) in [6, 6.07) is 6.94. The molecule has 2 aromatic rings.